The molecule has 118 valence electrons. The highest BCUT2D eigenvalue weighted by molar-refractivity contribution is 5.63. The summed E-state index contributed by atoms with van der Waals surface area (Å²) in [5, 5.41) is 3.44. The van der Waals surface area contributed by atoms with Crippen molar-refractivity contribution in [3.05, 3.63) is 59.7 Å². The molecule has 22 heavy (non-hydrogen) atoms. The average molecular weight is 295 g/mol. The van der Waals surface area contributed by atoms with Crippen molar-refractivity contribution in [2.75, 3.05) is 6.54 Å². The first-order valence-electron chi connectivity index (χ1n) is 8.72. The van der Waals surface area contributed by atoms with E-state index in [0.717, 1.165) is 13.1 Å². The van der Waals surface area contributed by atoms with Crippen molar-refractivity contribution >= 4 is 0 Å². The summed E-state index contributed by atoms with van der Waals surface area (Å²) in [5.41, 5.74) is 5.43. The first-order valence-corrected chi connectivity index (χ1v) is 8.72. The van der Waals surface area contributed by atoms with Crippen LogP contribution >= 0.6 is 0 Å². The monoisotopic (exact) mass is 295 g/mol. The molecule has 0 unspecified atom stereocenters. The molecule has 1 heteroatoms. The van der Waals surface area contributed by atoms with E-state index in [1.807, 2.05) is 0 Å². The van der Waals surface area contributed by atoms with Crippen LogP contribution in [0.15, 0.2) is 48.5 Å². The molecule has 0 atom stereocenters. The van der Waals surface area contributed by atoms with E-state index in [1.165, 1.54) is 54.4 Å². The second-order valence-corrected chi connectivity index (χ2v) is 6.03. The topological polar surface area (TPSA) is 12.0 Å². The Balaban J connectivity index is 1.93. The number of benzene rings is 2. The molecule has 2 aromatic carbocycles. The highest BCUT2D eigenvalue weighted by Gasteiger charge is 1.99. The Bertz CT molecular complexity index is 473. The summed E-state index contributed by atoms with van der Waals surface area (Å²) in [4.78, 5) is 0. The number of unbranched alkanes of at least 4 members (excludes halogenated alkanes) is 2. The zero-order valence-electron chi connectivity index (χ0n) is 14.1. The van der Waals surface area contributed by atoms with Crippen LogP contribution in [0.2, 0.25) is 0 Å². The van der Waals surface area contributed by atoms with Gasteiger partial charge in [0.1, 0.15) is 0 Å². The van der Waals surface area contributed by atoms with Gasteiger partial charge >= 0.3 is 0 Å². The van der Waals surface area contributed by atoms with Crippen molar-refractivity contribution in [2.24, 2.45) is 0 Å². The van der Waals surface area contributed by atoms with Crippen LogP contribution < -0.4 is 5.32 Å². The van der Waals surface area contributed by atoms with E-state index >= 15 is 0 Å². The maximum absolute atomic E-state index is 3.44. The van der Waals surface area contributed by atoms with E-state index in [0.29, 0.717) is 0 Å². The van der Waals surface area contributed by atoms with Gasteiger partial charge in [0, 0.05) is 6.54 Å². The Morgan fingerprint density at radius 2 is 1.27 bits per heavy atom. The van der Waals surface area contributed by atoms with Gasteiger partial charge in [-0.3, -0.25) is 0 Å². The lowest BCUT2D eigenvalue weighted by Crippen LogP contribution is -2.13. The van der Waals surface area contributed by atoms with E-state index in [2.05, 4.69) is 67.7 Å². The van der Waals surface area contributed by atoms with Gasteiger partial charge in [0.05, 0.1) is 0 Å². The highest BCUT2D eigenvalue weighted by Crippen LogP contribution is 2.21. The summed E-state index contributed by atoms with van der Waals surface area (Å²) in [6.07, 6.45) is 6.31. The number of nitrogens with one attached hydrogen (secondary N) is 1. The minimum Gasteiger partial charge on any atom is -0.313 e. The van der Waals surface area contributed by atoms with Gasteiger partial charge in [-0.1, -0.05) is 75.2 Å². The molecule has 1 N–H and O–H groups in total. The molecule has 0 aliphatic carbocycles. The summed E-state index contributed by atoms with van der Waals surface area (Å²) in [5.74, 6) is 0. The molecule has 2 rings (SSSR count). The Labute approximate surface area is 135 Å². The third-order valence-corrected chi connectivity index (χ3v) is 4.07. The van der Waals surface area contributed by atoms with Gasteiger partial charge in [-0.25, -0.2) is 0 Å². The van der Waals surface area contributed by atoms with Gasteiger partial charge in [0.15, 0.2) is 0 Å². The molecule has 0 fully saturated rings. The Hall–Kier alpha value is -1.60. The zero-order chi connectivity index (χ0) is 15.6. The predicted octanol–water partition coefficient (Wildman–Crippen LogP) is 5.59. The summed E-state index contributed by atoms with van der Waals surface area (Å²) in [7, 11) is 0. The molecule has 0 aromatic heterocycles. The SMILES string of the molecule is CCCCCc1ccc(-c2ccc(CNCCC)cc2)cc1. The van der Waals surface area contributed by atoms with Crippen LogP contribution in [-0.2, 0) is 13.0 Å². The molecule has 0 heterocycles. The molecule has 0 saturated heterocycles. The fourth-order valence-corrected chi connectivity index (χ4v) is 2.67. The lowest BCUT2D eigenvalue weighted by Gasteiger charge is -2.07. The lowest BCUT2D eigenvalue weighted by molar-refractivity contribution is 0.675. The van der Waals surface area contributed by atoms with Crippen LogP contribution in [0.1, 0.15) is 50.7 Å². The average Bonchev–Trinajstić information content (AvgIpc) is 2.57. The minimum atomic E-state index is 0.963. The van der Waals surface area contributed by atoms with Crippen molar-refractivity contribution in [1.82, 2.24) is 5.32 Å². The Kier molecular flexibility index (Phi) is 7.18. The highest BCUT2D eigenvalue weighted by atomic mass is 14.8. The van der Waals surface area contributed by atoms with Gasteiger partial charge in [-0.05, 0) is 48.1 Å². The number of hydrogen-bond acceptors (Lipinski definition) is 1. The van der Waals surface area contributed by atoms with Gasteiger partial charge in [0.2, 0.25) is 0 Å². The minimum absolute atomic E-state index is 0.963. The Morgan fingerprint density at radius 3 is 1.82 bits per heavy atom. The van der Waals surface area contributed by atoms with Crippen LogP contribution in [0, 0.1) is 0 Å². The van der Waals surface area contributed by atoms with E-state index in [-0.39, 0.29) is 0 Å². The third-order valence-electron chi connectivity index (χ3n) is 4.07. The third kappa shape index (κ3) is 5.31. The van der Waals surface area contributed by atoms with Crippen molar-refractivity contribution in [3.63, 3.8) is 0 Å². The van der Waals surface area contributed by atoms with Crippen LogP contribution in [-0.4, -0.2) is 6.54 Å². The van der Waals surface area contributed by atoms with Crippen molar-refractivity contribution in [3.8, 4) is 11.1 Å². The maximum Gasteiger partial charge on any atom is 0.0205 e. The lowest BCUT2D eigenvalue weighted by atomic mass is 10.0. The molecule has 0 amide bonds. The van der Waals surface area contributed by atoms with Crippen LogP contribution in [0.4, 0.5) is 0 Å². The molecule has 0 aliphatic rings. The van der Waals surface area contributed by atoms with E-state index in [1.54, 1.807) is 0 Å². The van der Waals surface area contributed by atoms with Gasteiger partial charge < -0.3 is 5.32 Å². The van der Waals surface area contributed by atoms with Crippen molar-refractivity contribution in [2.45, 2.75) is 52.5 Å². The maximum atomic E-state index is 3.44. The molecule has 2 aromatic rings. The smallest absolute Gasteiger partial charge is 0.0205 e. The van der Waals surface area contributed by atoms with Gasteiger partial charge in [0.25, 0.3) is 0 Å². The van der Waals surface area contributed by atoms with Gasteiger partial charge in [-0.2, -0.15) is 0 Å². The number of rotatable bonds is 9. The molecule has 0 spiro atoms. The fraction of sp³-hybridized carbons (Fsp3) is 0.429. The second kappa shape index (κ2) is 9.42. The fourth-order valence-electron chi connectivity index (χ4n) is 2.67. The summed E-state index contributed by atoms with van der Waals surface area (Å²) in [6, 6.07) is 18.0. The van der Waals surface area contributed by atoms with Crippen LogP contribution in [0.25, 0.3) is 11.1 Å². The van der Waals surface area contributed by atoms with Crippen LogP contribution in [0.5, 0.6) is 0 Å². The van der Waals surface area contributed by atoms with E-state index in [4.69, 9.17) is 0 Å². The largest absolute Gasteiger partial charge is 0.313 e. The molecule has 1 nitrogen and oxygen atoms in total. The normalized spacial score (nSPS) is 10.8. The molecule has 0 aliphatic heterocycles. The molecule has 0 bridgehead atoms. The van der Waals surface area contributed by atoms with E-state index in [9.17, 15) is 0 Å². The van der Waals surface area contributed by atoms with Crippen LogP contribution in [0.3, 0.4) is 0 Å². The van der Waals surface area contributed by atoms with Crippen molar-refractivity contribution in [1.29, 1.82) is 0 Å². The zero-order valence-corrected chi connectivity index (χ0v) is 14.1. The predicted molar refractivity (Wildman–Crippen MR) is 97.1 cm³/mol. The summed E-state index contributed by atoms with van der Waals surface area (Å²) in [6.45, 7) is 6.50. The first-order chi connectivity index (χ1) is 10.8. The first kappa shape index (κ1) is 16.8. The quantitative estimate of drug-likeness (QED) is 0.595. The number of aryl methyl sites for hydroxylation is 1. The summed E-state index contributed by atoms with van der Waals surface area (Å²) < 4.78 is 0. The molecule has 0 saturated carbocycles. The van der Waals surface area contributed by atoms with E-state index < -0.39 is 0 Å². The number of hydrogen-bond donors (Lipinski definition) is 1. The van der Waals surface area contributed by atoms with Gasteiger partial charge in [-0.15, -0.1) is 0 Å². The standard InChI is InChI=1S/C21H29N/c1-3-5-6-7-18-8-12-20(13-9-18)21-14-10-19(11-15-21)17-22-16-4-2/h8-15,22H,3-7,16-17H2,1-2H3. The summed E-state index contributed by atoms with van der Waals surface area (Å²) >= 11 is 0. The van der Waals surface area contributed by atoms with Crippen molar-refractivity contribution < 1.29 is 0 Å². The molecule has 0 radical (unpaired) electrons. The Morgan fingerprint density at radius 1 is 0.682 bits per heavy atom. The second-order valence-electron chi connectivity index (χ2n) is 6.03. The molecular formula is C21H29N. The molecular weight excluding hydrogens is 266 g/mol.